The minimum Gasteiger partial charge on any atom is -0.457 e. The third kappa shape index (κ3) is 4.14. The van der Waals surface area contributed by atoms with Crippen molar-refractivity contribution >= 4 is 33.5 Å². The van der Waals surface area contributed by atoms with E-state index >= 15 is 0 Å². The van der Waals surface area contributed by atoms with Crippen LogP contribution in [0.1, 0.15) is 39.5 Å². The normalized spacial score (nSPS) is 15.8. The van der Waals surface area contributed by atoms with E-state index in [1.54, 1.807) is 0 Å². The SMILES string of the molecule is c1ccc(C2NC(c3cccc4c3oc3c(-c5ccc6c(c5)Oc5ccccc5C65c6ccccc6-c6ccccc65)cccc34)=[N+]2c2ccccc2)cc1. The number of ether oxygens (including phenoxy) is 1. The summed E-state index contributed by atoms with van der Waals surface area (Å²) in [5, 5.41) is 5.96. The maximum absolute atomic E-state index is 7.01. The van der Waals surface area contributed by atoms with Gasteiger partial charge in [0.15, 0.2) is 5.58 Å². The van der Waals surface area contributed by atoms with E-state index in [9.17, 15) is 0 Å². The fourth-order valence-corrected chi connectivity index (χ4v) is 9.53. The van der Waals surface area contributed by atoms with E-state index in [1.165, 1.54) is 33.4 Å². The largest absolute Gasteiger partial charge is 0.457 e. The van der Waals surface area contributed by atoms with Crippen molar-refractivity contribution in [3.8, 4) is 33.8 Å². The second-order valence-electron chi connectivity index (χ2n) is 14.6. The second kappa shape index (κ2) is 11.4. The van der Waals surface area contributed by atoms with Crippen LogP contribution in [0.4, 0.5) is 5.69 Å². The molecule has 1 spiro atoms. The zero-order valence-corrected chi connectivity index (χ0v) is 29.7. The van der Waals surface area contributed by atoms with Gasteiger partial charge in [-0.3, -0.25) is 0 Å². The summed E-state index contributed by atoms with van der Waals surface area (Å²) < 4.78 is 16.2. The Bertz CT molecular complexity index is 3010. The average Bonchev–Trinajstić information content (AvgIpc) is 3.76. The Hall–Kier alpha value is -7.17. The van der Waals surface area contributed by atoms with E-state index in [2.05, 4.69) is 198 Å². The highest BCUT2D eigenvalue weighted by atomic mass is 16.5. The molecule has 0 saturated heterocycles. The highest BCUT2D eigenvalue weighted by Crippen LogP contribution is 2.62. The molecule has 0 fully saturated rings. The lowest BCUT2D eigenvalue weighted by Crippen LogP contribution is -2.51. The minimum atomic E-state index is -0.495. The quantitative estimate of drug-likeness (QED) is 0.185. The van der Waals surface area contributed by atoms with Gasteiger partial charge in [0.2, 0.25) is 0 Å². The van der Waals surface area contributed by atoms with Crippen molar-refractivity contribution in [1.29, 1.82) is 0 Å². The molecule has 4 nitrogen and oxygen atoms in total. The smallest absolute Gasteiger partial charge is 0.293 e. The van der Waals surface area contributed by atoms with Crippen molar-refractivity contribution < 1.29 is 13.7 Å². The molecule has 9 aromatic rings. The van der Waals surface area contributed by atoms with E-state index in [0.717, 1.165) is 67.2 Å². The molecule has 1 aromatic heterocycles. The van der Waals surface area contributed by atoms with E-state index in [1.807, 2.05) is 0 Å². The third-order valence-corrected chi connectivity index (χ3v) is 11.9. The summed E-state index contributed by atoms with van der Waals surface area (Å²) >= 11 is 0. The van der Waals surface area contributed by atoms with Crippen molar-refractivity contribution in [3.63, 3.8) is 0 Å². The first-order valence-corrected chi connectivity index (χ1v) is 18.9. The molecule has 258 valence electrons. The van der Waals surface area contributed by atoms with Crippen molar-refractivity contribution in [2.75, 3.05) is 0 Å². The molecular formula is C51H33N2O2+. The highest BCUT2D eigenvalue weighted by molar-refractivity contribution is 6.16. The summed E-state index contributed by atoms with van der Waals surface area (Å²) in [6.45, 7) is 0. The van der Waals surface area contributed by atoms with Crippen molar-refractivity contribution in [2.24, 2.45) is 0 Å². The predicted octanol–water partition coefficient (Wildman–Crippen LogP) is 12.1. The van der Waals surface area contributed by atoms with Crippen LogP contribution in [0.25, 0.3) is 44.2 Å². The standard InChI is InChI=1S/C51H32N2O2/c1-3-15-32(16-4-1)49-52-50(53(49)34-17-5-2-6-18-34)40-24-14-23-39-38-22-13-21-35(47(38)55-48(39)40)33-29-30-44-46(31-33)54-45-28-12-11-27-43(45)51(44)41-25-9-7-19-36(41)37-20-8-10-26-42(37)51/h1-31,49H/p+1. The molecule has 1 N–H and O–H groups in total. The Labute approximate surface area is 318 Å². The fraction of sp³-hybridized carbons (Fsp3) is 0.0392. The van der Waals surface area contributed by atoms with Gasteiger partial charge in [-0.25, -0.2) is 5.32 Å². The number of hydrogen-bond acceptors (Lipinski definition) is 3. The first-order valence-electron chi connectivity index (χ1n) is 18.9. The number of amidine groups is 1. The molecular weight excluding hydrogens is 673 g/mol. The van der Waals surface area contributed by atoms with Crippen LogP contribution in [-0.2, 0) is 5.41 Å². The molecule has 0 bridgehead atoms. The van der Waals surface area contributed by atoms with E-state index in [0.29, 0.717) is 0 Å². The van der Waals surface area contributed by atoms with Crippen LogP contribution in [0, 0.1) is 0 Å². The number of para-hydroxylation sites is 4. The molecule has 8 aromatic carbocycles. The van der Waals surface area contributed by atoms with Gasteiger partial charge in [-0.1, -0.05) is 158 Å². The minimum absolute atomic E-state index is 0.0107. The zero-order chi connectivity index (χ0) is 36.1. The molecule has 4 heteroatoms. The second-order valence-corrected chi connectivity index (χ2v) is 14.6. The predicted molar refractivity (Wildman–Crippen MR) is 219 cm³/mol. The van der Waals surface area contributed by atoms with Gasteiger partial charge >= 0.3 is 0 Å². The first kappa shape index (κ1) is 30.3. The molecule has 0 radical (unpaired) electrons. The Morgan fingerprint density at radius 2 is 1.02 bits per heavy atom. The number of nitrogens with zero attached hydrogens (tertiary/aromatic N) is 1. The van der Waals surface area contributed by atoms with Crippen molar-refractivity contribution in [3.05, 3.63) is 221 Å². The summed E-state index contributed by atoms with van der Waals surface area (Å²) in [5.41, 5.74) is 14.1. The topological polar surface area (TPSA) is 37.4 Å². The summed E-state index contributed by atoms with van der Waals surface area (Å²) in [6.07, 6.45) is 0.0107. The average molecular weight is 706 g/mol. The Morgan fingerprint density at radius 1 is 0.455 bits per heavy atom. The van der Waals surface area contributed by atoms with Crippen LogP contribution in [0.3, 0.4) is 0 Å². The van der Waals surface area contributed by atoms with E-state index in [-0.39, 0.29) is 6.17 Å². The van der Waals surface area contributed by atoms with Gasteiger partial charge in [-0.2, -0.15) is 4.58 Å². The van der Waals surface area contributed by atoms with Crippen LogP contribution in [-0.4, -0.2) is 10.4 Å². The van der Waals surface area contributed by atoms with Gasteiger partial charge in [0, 0.05) is 33.0 Å². The molecule has 3 heterocycles. The van der Waals surface area contributed by atoms with Gasteiger partial charge in [0.05, 0.1) is 5.41 Å². The number of furan rings is 1. The summed E-state index contributed by atoms with van der Waals surface area (Å²) in [4.78, 5) is 0. The first-order chi connectivity index (χ1) is 27.3. The van der Waals surface area contributed by atoms with E-state index in [4.69, 9.17) is 9.15 Å². The number of hydrogen-bond donors (Lipinski definition) is 1. The molecule has 0 amide bonds. The Morgan fingerprint density at radius 3 is 1.75 bits per heavy atom. The van der Waals surface area contributed by atoms with Crippen LogP contribution in [0.15, 0.2) is 192 Å². The fourth-order valence-electron chi connectivity index (χ4n) is 9.53. The lowest BCUT2D eigenvalue weighted by molar-refractivity contribution is -0.531. The Balaban J connectivity index is 1.04. The maximum atomic E-state index is 7.01. The van der Waals surface area contributed by atoms with Gasteiger partial charge in [-0.15, -0.1) is 0 Å². The number of nitrogens with one attached hydrogen (secondary N) is 1. The van der Waals surface area contributed by atoms with Crippen LogP contribution >= 0.6 is 0 Å². The highest BCUT2D eigenvalue weighted by Gasteiger charge is 2.51. The molecule has 0 saturated carbocycles. The molecule has 2 aliphatic heterocycles. The molecule has 12 rings (SSSR count). The molecule has 3 aliphatic rings. The zero-order valence-electron chi connectivity index (χ0n) is 29.7. The van der Waals surface area contributed by atoms with Crippen LogP contribution < -0.4 is 10.1 Å². The van der Waals surface area contributed by atoms with Gasteiger partial charge in [-0.05, 0) is 58.1 Å². The van der Waals surface area contributed by atoms with Gasteiger partial charge in [0.25, 0.3) is 12.0 Å². The van der Waals surface area contributed by atoms with Gasteiger partial charge in [0.1, 0.15) is 28.3 Å². The number of rotatable bonds is 4. The third-order valence-electron chi connectivity index (χ3n) is 11.9. The lowest BCUT2D eigenvalue weighted by atomic mass is 9.66. The van der Waals surface area contributed by atoms with Crippen LogP contribution in [0.2, 0.25) is 0 Å². The molecule has 1 atom stereocenters. The summed E-state index contributed by atoms with van der Waals surface area (Å²) in [5.74, 6) is 2.76. The molecule has 55 heavy (non-hydrogen) atoms. The van der Waals surface area contributed by atoms with Gasteiger partial charge < -0.3 is 9.15 Å². The number of fused-ring (bicyclic) bond motifs is 12. The lowest BCUT2D eigenvalue weighted by Gasteiger charge is -2.39. The van der Waals surface area contributed by atoms with Crippen molar-refractivity contribution in [1.82, 2.24) is 5.32 Å². The monoisotopic (exact) mass is 705 g/mol. The maximum Gasteiger partial charge on any atom is 0.293 e. The van der Waals surface area contributed by atoms with E-state index < -0.39 is 5.41 Å². The molecule has 1 unspecified atom stereocenters. The van der Waals surface area contributed by atoms with Crippen molar-refractivity contribution in [2.45, 2.75) is 11.6 Å². The summed E-state index contributed by atoms with van der Waals surface area (Å²) in [6, 6.07) is 67.0. The summed E-state index contributed by atoms with van der Waals surface area (Å²) in [7, 11) is 0. The number of benzene rings is 8. The molecule has 1 aliphatic carbocycles. The van der Waals surface area contributed by atoms with Crippen LogP contribution in [0.5, 0.6) is 11.5 Å². The Kier molecular flexibility index (Phi) is 6.29.